The average Bonchev–Trinajstić information content (AvgIpc) is 2.64. The molecule has 0 bridgehead atoms. The van der Waals surface area contributed by atoms with Gasteiger partial charge in [0.05, 0.1) is 11.8 Å². The van der Waals surface area contributed by atoms with Crippen molar-refractivity contribution in [1.29, 1.82) is 0 Å². The van der Waals surface area contributed by atoms with Crippen LogP contribution in [0.2, 0.25) is 0 Å². The number of hydrogen-bond acceptors (Lipinski definition) is 7. The van der Waals surface area contributed by atoms with Crippen molar-refractivity contribution < 1.29 is 33.0 Å². The summed E-state index contributed by atoms with van der Waals surface area (Å²) < 4.78 is 27.5. The number of primary amides is 1. The lowest BCUT2D eigenvalue weighted by Gasteiger charge is -2.28. The molecular formula is C20H44N2O7PS+. The van der Waals surface area contributed by atoms with Crippen LogP contribution in [0.15, 0.2) is 0 Å². The van der Waals surface area contributed by atoms with Crippen molar-refractivity contribution >= 4 is 23.9 Å². The first-order valence-electron chi connectivity index (χ1n) is 11.5. The van der Waals surface area contributed by atoms with Crippen LogP contribution in [0.4, 0.5) is 0 Å². The van der Waals surface area contributed by atoms with Gasteiger partial charge in [-0.1, -0.05) is 84.5 Å². The lowest BCUT2D eigenvalue weighted by atomic mass is 10.0. The quantitative estimate of drug-likeness (QED) is 0.113. The zero-order valence-electron chi connectivity index (χ0n) is 19.1. The Balaban J connectivity index is 4.90. The molecular weight excluding hydrogens is 443 g/mol. The van der Waals surface area contributed by atoms with Gasteiger partial charge < -0.3 is 10.8 Å². The van der Waals surface area contributed by atoms with Crippen LogP contribution in [0.5, 0.6) is 0 Å². The molecule has 0 saturated heterocycles. The van der Waals surface area contributed by atoms with E-state index in [9.17, 15) is 33.0 Å². The molecule has 0 aliphatic heterocycles. The van der Waals surface area contributed by atoms with Gasteiger partial charge in [0.15, 0.2) is 0 Å². The second-order valence-corrected chi connectivity index (χ2v) is 12.0. The molecule has 9 nitrogen and oxygen atoms in total. The van der Waals surface area contributed by atoms with Gasteiger partial charge >= 0.3 is 7.94 Å². The molecule has 3 atom stereocenters. The summed E-state index contributed by atoms with van der Waals surface area (Å²) in [5.41, 5.74) is 3.08. The largest absolute Gasteiger partial charge is 0.419 e. The number of sulfonamides is 1. The van der Waals surface area contributed by atoms with E-state index in [2.05, 4.69) is 11.6 Å². The minimum Gasteiger partial charge on any atom is -0.386 e. The van der Waals surface area contributed by atoms with Crippen molar-refractivity contribution in [3.63, 3.8) is 0 Å². The van der Waals surface area contributed by atoms with Crippen molar-refractivity contribution in [3.05, 3.63) is 0 Å². The van der Waals surface area contributed by atoms with E-state index in [1.165, 1.54) is 19.3 Å². The highest BCUT2D eigenvalue weighted by Crippen LogP contribution is 2.52. The van der Waals surface area contributed by atoms with Gasteiger partial charge in [-0.25, -0.2) is 13.1 Å². The Morgan fingerprint density at radius 2 is 1.32 bits per heavy atom. The number of nitrogens with one attached hydrogen (secondary N) is 1. The van der Waals surface area contributed by atoms with Crippen molar-refractivity contribution in [2.45, 2.75) is 115 Å². The number of carbonyl (C=O) groups is 1. The molecule has 0 aromatic heterocycles. The predicted molar refractivity (Wildman–Crippen MR) is 125 cm³/mol. The molecule has 0 fully saturated rings. The zero-order valence-corrected chi connectivity index (χ0v) is 20.8. The maximum atomic E-state index is 12.5. The Bertz CT molecular complexity index is 585. The van der Waals surface area contributed by atoms with E-state index in [4.69, 9.17) is 5.73 Å². The van der Waals surface area contributed by atoms with Gasteiger partial charge in [0.2, 0.25) is 10.0 Å². The third-order valence-electron chi connectivity index (χ3n) is 5.37. The first-order chi connectivity index (χ1) is 14.5. The van der Waals surface area contributed by atoms with Gasteiger partial charge in [-0.05, 0) is 12.8 Å². The summed E-state index contributed by atoms with van der Waals surface area (Å²) in [4.78, 5) is 40.2. The Labute approximate surface area is 188 Å². The van der Waals surface area contributed by atoms with Crippen molar-refractivity contribution in [2.24, 2.45) is 5.73 Å². The third kappa shape index (κ3) is 14.4. The van der Waals surface area contributed by atoms with Gasteiger partial charge in [-0.2, -0.15) is 14.7 Å². The Morgan fingerprint density at radius 3 is 1.77 bits per heavy atom. The number of aliphatic hydroxyl groups excluding tert-OH is 1. The molecule has 0 aliphatic rings. The van der Waals surface area contributed by atoms with E-state index < -0.39 is 41.7 Å². The molecule has 0 saturated carbocycles. The van der Waals surface area contributed by atoms with E-state index >= 15 is 0 Å². The SMILES string of the molecule is CCCCCCCCCCS(=O)(=O)NC(CCCCCC)C(O)C(C(N)=O)[P+](O)(O)O. The van der Waals surface area contributed by atoms with Crippen LogP contribution < -0.4 is 10.5 Å². The molecule has 0 spiro atoms. The fourth-order valence-corrected chi connectivity index (χ4v) is 5.95. The van der Waals surface area contributed by atoms with Crippen LogP contribution in [0, 0.1) is 0 Å². The summed E-state index contributed by atoms with van der Waals surface area (Å²) in [5, 5.41) is 10.5. The van der Waals surface area contributed by atoms with Crippen molar-refractivity contribution in [1.82, 2.24) is 4.72 Å². The number of hydrogen-bond donors (Lipinski definition) is 6. The lowest BCUT2D eigenvalue weighted by molar-refractivity contribution is -0.120. The number of unbranched alkanes of at least 4 members (excludes halogenated alkanes) is 10. The molecule has 3 unspecified atom stereocenters. The summed E-state index contributed by atoms with van der Waals surface area (Å²) in [6.07, 6.45) is 9.58. The summed E-state index contributed by atoms with van der Waals surface area (Å²) >= 11 is 0. The molecule has 31 heavy (non-hydrogen) atoms. The van der Waals surface area contributed by atoms with Gasteiger partial charge in [0, 0.05) is 0 Å². The highest BCUT2D eigenvalue weighted by molar-refractivity contribution is 7.89. The Kier molecular flexibility index (Phi) is 16.1. The number of nitrogens with two attached hydrogens (primary N) is 1. The predicted octanol–water partition coefficient (Wildman–Crippen LogP) is 2.34. The normalized spacial score (nSPS) is 15.5. The topological polar surface area (TPSA) is 170 Å². The number of aliphatic hydroxyl groups is 1. The third-order valence-corrected chi connectivity index (χ3v) is 8.16. The van der Waals surface area contributed by atoms with Gasteiger partial charge in [-0.15, -0.1) is 0 Å². The standard InChI is InChI=1S/C20H43N2O7PS/c1-3-5-7-9-10-11-12-14-16-31(28,29)22-17(15-13-8-6-4-2)18(23)19(20(21)24)30(25,26)27/h17-19,22-23,25-27H,3-16H2,1-2H3,(H-,21,24)/p+1. The summed E-state index contributed by atoms with van der Waals surface area (Å²) in [7, 11) is -8.57. The van der Waals surface area contributed by atoms with Gasteiger partial charge in [0.25, 0.3) is 11.6 Å². The van der Waals surface area contributed by atoms with Crippen LogP contribution in [0.3, 0.4) is 0 Å². The molecule has 0 aliphatic carbocycles. The molecule has 11 heteroatoms. The second-order valence-electron chi connectivity index (χ2n) is 8.32. The van der Waals surface area contributed by atoms with E-state index in [0.717, 1.165) is 44.9 Å². The molecule has 0 aromatic rings. The van der Waals surface area contributed by atoms with E-state index in [0.29, 0.717) is 12.8 Å². The number of rotatable bonds is 20. The lowest BCUT2D eigenvalue weighted by Crippen LogP contribution is -2.53. The fraction of sp³-hybridized carbons (Fsp3) is 0.950. The maximum Gasteiger partial charge on any atom is 0.419 e. The first kappa shape index (κ1) is 30.6. The molecule has 186 valence electrons. The van der Waals surface area contributed by atoms with Crippen LogP contribution in [0.25, 0.3) is 0 Å². The molecule has 0 heterocycles. The second kappa shape index (κ2) is 16.3. The minimum absolute atomic E-state index is 0.126. The molecule has 0 radical (unpaired) electrons. The number of carbonyl (C=O) groups excluding carboxylic acids is 1. The molecule has 1 amide bonds. The van der Waals surface area contributed by atoms with E-state index in [1.807, 2.05) is 6.92 Å². The maximum absolute atomic E-state index is 12.5. The minimum atomic E-state index is -4.80. The smallest absolute Gasteiger partial charge is 0.386 e. The highest BCUT2D eigenvalue weighted by Gasteiger charge is 2.54. The van der Waals surface area contributed by atoms with Gasteiger partial charge in [0.1, 0.15) is 6.10 Å². The van der Waals surface area contributed by atoms with Crippen molar-refractivity contribution in [3.8, 4) is 0 Å². The summed E-state index contributed by atoms with van der Waals surface area (Å²) in [6.45, 7) is 4.17. The molecule has 0 aromatic carbocycles. The Hall–Kier alpha value is -0.350. The Morgan fingerprint density at radius 1 is 0.871 bits per heavy atom. The molecule has 0 rings (SSSR count). The van der Waals surface area contributed by atoms with E-state index in [-0.39, 0.29) is 12.2 Å². The highest BCUT2D eigenvalue weighted by atomic mass is 32.2. The average molecular weight is 488 g/mol. The zero-order chi connectivity index (χ0) is 23.9. The van der Waals surface area contributed by atoms with Crippen LogP contribution >= 0.6 is 7.94 Å². The fourth-order valence-electron chi connectivity index (χ4n) is 3.57. The van der Waals surface area contributed by atoms with Crippen LogP contribution in [0.1, 0.15) is 97.3 Å². The van der Waals surface area contributed by atoms with Gasteiger partial charge in [-0.3, -0.25) is 4.79 Å². The first-order valence-corrected chi connectivity index (χ1v) is 14.9. The van der Waals surface area contributed by atoms with Crippen LogP contribution in [-0.4, -0.2) is 57.7 Å². The van der Waals surface area contributed by atoms with Crippen LogP contribution in [-0.2, 0) is 14.8 Å². The summed E-state index contributed by atoms with van der Waals surface area (Å²) in [5.74, 6) is -1.42. The van der Waals surface area contributed by atoms with E-state index in [1.54, 1.807) is 0 Å². The number of amides is 1. The summed E-state index contributed by atoms with van der Waals surface area (Å²) in [6, 6.07) is -1.15. The monoisotopic (exact) mass is 487 g/mol. The van der Waals surface area contributed by atoms with Crippen molar-refractivity contribution in [2.75, 3.05) is 5.75 Å². The molecule has 7 N–H and O–H groups in total.